The van der Waals surface area contributed by atoms with Crippen molar-refractivity contribution < 1.29 is 9.18 Å². The summed E-state index contributed by atoms with van der Waals surface area (Å²) in [4.78, 5) is 25.4. The first-order chi connectivity index (χ1) is 15.3. The average Bonchev–Trinajstić information content (AvgIpc) is 2.76. The second-order valence-corrected chi connectivity index (χ2v) is 9.26. The summed E-state index contributed by atoms with van der Waals surface area (Å²) in [5.74, 6) is 1.16. The van der Waals surface area contributed by atoms with E-state index in [1.807, 2.05) is 14.1 Å². The van der Waals surface area contributed by atoms with Gasteiger partial charge < -0.3 is 16.0 Å². The Labute approximate surface area is 193 Å². The summed E-state index contributed by atoms with van der Waals surface area (Å²) in [6, 6.07) is 3.85. The van der Waals surface area contributed by atoms with Gasteiger partial charge in [0.15, 0.2) is 0 Å². The van der Waals surface area contributed by atoms with Crippen LogP contribution in [0, 0.1) is 5.82 Å². The van der Waals surface area contributed by atoms with Crippen LogP contribution in [0.2, 0.25) is 5.02 Å². The molecular weight excluding hydrogens is 431 g/mol. The van der Waals surface area contributed by atoms with Crippen molar-refractivity contribution in [3.63, 3.8) is 0 Å². The molecule has 0 unspecified atom stereocenters. The molecule has 1 aromatic heterocycles. The van der Waals surface area contributed by atoms with Gasteiger partial charge in [-0.05, 0) is 69.6 Å². The monoisotopic (exact) mass is 460 g/mol. The van der Waals surface area contributed by atoms with Crippen LogP contribution in [0.15, 0.2) is 18.2 Å². The first-order valence-electron chi connectivity index (χ1n) is 11.2. The molecule has 0 atom stereocenters. The van der Waals surface area contributed by atoms with Gasteiger partial charge in [0.1, 0.15) is 11.6 Å². The lowest BCUT2D eigenvalue weighted by Crippen LogP contribution is -2.46. The highest BCUT2D eigenvalue weighted by atomic mass is 35.5. The van der Waals surface area contributed by atoms with Gasteiger partial charge in [-0.2, -0.15) is 4.98 Å². The zero-order chi connectivity index (χ0) is 22.8. The van der Waals surface area contributed by atoms with Crippen molar-refractivity contribution in [2.45, 2.75) is 63.5 Å². The van der Waals surface area contributed by atoms with E-state index < -0.39 is 11.8 Å². The number of amides is 2. The zero-order valence-electron chi connectivity index (χ0n) is 18.6. The maximum atomic E-state index is 13.6. The second kappa shape index (κ2) is 9.48. The van der Waals surface area contributed by atoms with Crippen molar-refractivity contribution in [2.75, 3.05) is 29.2 Å². The molecule has 7 nitrogen and oxygen atoms in total. The number of nitrogens with zero attached hydrogens (tertiary/aromatic N) is 4. The molecule has 0 saturated heterocycles. The summed E-state index contributed by atoms with van der Waals surface area (Å²) in [6.45, 7) is 0. The maximum absolute atomic E-state index is 13.6. The minimum Gasteiger partial charge on any atom is -0.362 e. The molecule has 1 saturated carbocycles. The average molecular weight is 461 g/mol. The lowest BCUT2D eigenvalue weighted by atomic mass is 9.90. The minimum absolute atomic E-state index is 0.0228. The maximum Gasteiger partial charge on any atom is 0.319 e. The number of fused-ring (bicyclic) bond motifs is 1. The van der Waals surface area contributed by atoms with Gasteiger partial charge in [-0.1, -0.05) is 11.6 Å². The van der Waals surface area contributed by atoms with Gasteiger partial charge in [0.2, 0.25) is 5.95 Å². The molecule has 0 bridgehead atoms. The van der Waals surface area contributed by atoms with Crippen LogP contribution in [0.3, 0.4) is 0 Å². The van der Waals surface area contributed by atoms with Crippen molar-refractivity contribution in [3.05, 3.63) is 40.3 Å². The number of carbonyl (C=O) groups is 1. The Morgan fingerprint density at radius 2 is 1.88 bits per heavy atom. The standard InChI is InChI=1S/C23H30ClFN6O/c1-30(2)21-17-5-3-4-6-20(17)28-23(29-21)27-14-7-9-15(10-8-14)31(22(26)32)16-11-12-19(25)18(24)13-16/h11-15H,3-10H2,1-2H3,(H2,26,32)(H,27,28,29). The number of hydrogen-bond acceptors (Lipinski definition) is 5. The number of halogens is 2. The smallest absolute Gasteiger partial charge is 0.319 e. The molecule has 2 aliphatic carbocycles. The summed E-state index contributed by atoms with van der Waals surface area (Å²) >= 11 is 5.92. The van der Waals surface area contributed by atoms with E-state index in [9.17, 15) is 9.18 Å². The molecule has 1 heterocycles. The van der Waals surface area contributed by atoms with Crippen LogP contribution >= 0.6 is 11.6 Å². The van der Waals surface area contributed by atoms with Gasteiger partial charge in [0.25, 0.3) is 0 Å². The Morgan fingerprint density at radius 1 is 1.16 bits per heavy atom. The number of aryl methyl sites for hydroxylation is 1. The molecule has 9 heteroatoms. The third kappa shape index (κ3) is 4.75. The fraction of sp³-hybridized carbons (Fsp3) is 0.522. The van der Waals surface area contributed by atoms with Crippen molar-refractivity contribution >= 4 is 35.1 Å². The Morgan fingerprint density at radius 3 is 2.53 bits per heavy atom. The summed E-state index contributed by atoms with van der Waals surface area (Å²) < 4.78 is 13.6. The van der Waals surface area contributed by atoms with E-state index in [4.69, 9.17) is 27.3 Å². The van der Waals surface area contributed by atoms with Crippen LogP contribution in [-0.4, -0.2) is 42.2 Å². The summed E-state index contributed by atoms with van der Waals surface area (Å²) in [5, 5.41) is 3.49. The molecule has 0 spiro atoms. The number of aromatic nitrogens is 2. The Balaban J connectivity index is 1.45. The third-order valence-electron chi connectivity index (χ3n) is 6.40. The van der Waals surface area contributed by atoms with Crippen LogP contribution in [0.1, 0.15) is 49.8 Å². The Bertz CT molecular complexity index is 993. The van der Waals surface area contributed by atoms with E-state index in [-0.39, 0.29) is 17.1 Å². The fourth-order valence-corrected chi connectivity index (χ4v) is 5.00. The number of urea groups is 1. The van der Waals surface area contributed by atoms with Crippen LogP contribution in [-0.2, 0) is 12.8 Å². The number of nitrogens with one attached hydrogen (secondary N) is 1. The fourth-order valence-electron chi connectivity index (χ4n) is 4.82. The van der Waals surface area contributed by atoms with Gasteiger partial charge in [0.05, 0.1) is 10.7 Å². The largest absolute Gasteiger partial charge is 0.362 e. The molecule has 0 aliphatic heterocycles. The van der Waals surface area contributed by atoms with Crippen LogP contribution < -0.4 is 20.9 Å². The number of anilines is 3. The predicted molar refractivity (Wildman–Crippen MR) is 126 cm³/mol. The van der Waals surface area contributed by atoms with E-state index in [1.54, 1.807) is 6.07 Å². The van der Waals surface area contributed by atoms with Gasteiger partial charge >= 0.3 is 6.03 Å². The Kier molecular flexibility index (Phi) is 6.69. The minimum atomic E-state index is -0.558. The first kappa shape index (κ1) is 22.6. The van der Waals surface area contributed by atoms with Gasteiger partial charge in [-0.3, -0.25) is 4.90 Å². The Hall–Kier alpha value is -2.61. The lowest BCUT2D eigenvalue weighted by molar-refractivity contribution is 0.248. The highest BCUT2D eigenvalue weighted by Gasteiger charge is 2.30. The highest BCUT2D eigenvalue weighted by molar-refractivity contribution is 6.31. The highest BCUT2D eigenvalue weighted by Crippen LogP contribution is 2.32. The number of hydrogen-bond donors (Lipinski definition) is 2. The molecule has 2 amide bonds. The van der Waals surface area contributed by atoms with Crippen molar-refractivity contribution in [1.29, 1.82) is 0 Å². The number of nitrogens with two attached hydrogens (primary N) is 1. The summed E-state index contributed by atoms with van der Waals surface area (Å²) in [7, 11) is 4.04. The van der Waals surface area contributed by atoms with E-state index in [0.29, 0.717) is 11.6 Å². The van der Waals surface area contributed by atoms with E-state index >= 15 is 0 Å². The lowest BCUT2D eigenvalue weighted by Gasteiger charge is -2.36. The van der Waals surface area contributed by atoms with Gasteiger partial charge in [-0.15, -0.1) is 0 Å². The number of carbonyl (C=O) groups excluding carboxylic acids is 1. The molecule has 1 aromatic carbocycles. The summed E-state index contributed by atoms with van der Waals surface area (Å²) in [6.07, 6.45) is 7.60. The molecule has 0 radical (unpaired) electrons. The SMILES string of the molecule is CN(C)c1nc(NC2CCC(N(C(N)=O)c3ccc(F)c(Cl)c3)CC2)nc2c1CCCC2. The molecule has 3 N–H and O–H groups in total. The van der Waals surface area contributed by atoms with Gasteiger partial charge in [0, 0.05) is 37.4 Å². The normalized spacial score (nSPS) is 20.4. The topological polar surface area (TPSA) is 87.4 Å². The van der Waals surface area contributed by atoms with E-state index in [2.05, 4.69) is 10.2 Å². The first-order valence-corrected chi connectivity index (χ1v) is 11.6. The molecular formula is C23H30ClFN6O. The van der Waals surface area contributed by atoms with Crippen LogP contribution in [0.5, 0.6) is 0 Å². The third-order valence-corrected chi connectivity index (χ3v) is 6.69. The van der Waals surface area contributed by atoms with Crippen molar-refractivity contribution in [2.24, 2.45) is 5.73 Å². The van der Waals surface area contributed by atoms with Gasteiger partial charge in [-0.25, -0.2) is 14.2 Å². The van der Waals surface area contributed by atoms with Crippen molar-refractivity contribution in [3.8, 4) is 0 Å². The molecule has 1 fully saturated rings. The van der Waals surface area contributed by atoms with Crippen LogP contribution in [0.4, 0.5) is 26.6 Å². The molecule has 2 aromatic rings. The predicted octanol–water partition coefficient (Wildman–Crippen LogP) is 4.52. The van der Waals surface area contributed by atoms with E-state index in [0.717, 1.165) is 56.5 Å². The number of benzene rings is 1. The number of primary amides is 1. The quantitative estimate of drug-likeness (QED) is 0.684. The van der Waals surface area contributed by atoms with E-state index in [1.165, 1.54) is 29.0 Å². The molecule has 32 heavy (non-hydrogen) atoms. The number of rotatable bonds is 5. The molecule has 172 valence electrons. The van der Waals surface area contributed by atoms with Crippen LogP contribution in [0.25, 0.3) is 0 Å². The molecule has 4 rings (SSSR count). The summed E-state index contributed by atoms with van der Waals surface area (Å²) in [5.41, 5.74) is 8.61. The molecule has 2 aliphatic rings. The zero-order valence-corrected chi connectivity index (χ0v) is 19.3. The second-order valence-electron chi connectivity index (χ2n) is 8.85. The van der Waals surface area contributed by atoms with Crippen molar-refractivity contribution in [1.82, 2.24) is 9.97 Å².